The Morgan fingerprint density at radius 3 is 2.75 bits per heavy atom. The molecule has 0 aliphatic rings. The van der Waals surface area contributed by atoms with Gasteiger partial charge in [0.05, 0.1) is 34.0 Å². The van der Waals surface area contributed by atoms with E-state index in [0.29, 0.717) is 26.8 Å². The molecule has 0 aliphatic heterocycles. The van der Waals surface area contributed by atoms with Gasteiger partial charge in [0.15, 0.2) is 0 Å². The maximum absolute atomic E-state index is 11.2. The Morgan fingerprint density at radius 1 is 1.38 bits per heavy atom. The molecule has 84 valence electrons. The number of hydrogen-bond donors (Lipinski definition) is 2. The first-order valence-corrected chi connectivity index (χ1v) is 5.72. The van der Waals surface area contributed by atoms with Gasteiger partial charge in [-0.25, -0.2) is 0 Å². The van der Waals surface area contributed by atoms with Crippen LogP contribution >= 0.6 is 34.9 Å². The average molecular weight is 277 g/mol. The molecule has 1 aromatic heterocycles. The van der Waals surface area contributed by atoms with Crippen molar-refractivity contribution in [1.82, 2.24) is 8.75 Å². The Morgan fingerprint density at radius 2 is 2.06 bits per heavy atom. The second-order valence-electron chi connectivity index (χ2n) is 2.93. The first kappa shape index (κ1) is 11.5. The molecule has 0 radical (unpaired) electrons. The average Bonchev–Trinajstić information content (AvgIpc) is 2.73. The molecule has 1 amide bonds. The summed E-state index contributed by atoms with van der Waals surface area (Å²) in [5, 5.41) is 3.28. The van der Waals surface area contributed by atoms with Crippen LogP contribution in [0, 0.1) is 0 Å². The van der Waals surface area contributed by atoms with Gasteiger partial charge >= 0.3 is 0 Å². The van der Waals surface area contributed by atoms with Gasteiger partial charge in [0, 0.05) is 0 Å². The lowest BCUT2D eigenvalue weighted by atomic mass is 10.2. The van der Waals surface area contributed by atoms with Gasteiger partial charge in [-0.2, -0.15) is 8.75 Å². The highest BCUT2D eigenvalue weighted by Crippen LogP contribution is 2.34. The molecule has 0 fully saturated rings. The van der Waals surface area contributed by atoms with Crippen LogP contribution in [0.1, 0.15) is 0 Å². The zero-order valence-electron chi connectivity index (χ0n) is 7.83. The van der Waals surface area contributed by atoms with E-state index in [1.165, 1.54) is 6.07 Å². The minimum atomic E-state index is -0.349. The second kappa shape index (κ2) is 4.50. The lowest BCUT2D eigenvalue weighted by Crippen LogP contribution is -2.22. The standard InChI is InChI=1S/C8H6Cl2N4OS/c9-3-1-4(10)7-8(14-16-13-7)6(3)12-5(15)2-11/h1H,2,11H2,(H,12,15). The normalized spacial score (nSPS) is 10.7. The van der Waals surface area contributed by atoms with Gasteiger partial charge in [0.2, 0.25) is 5.91 Å². The summed E-state index contributed by atoms with van der Waals surface area (Å²) in [6.07, 6.45) is 0. The number of amides is 1. The smallest absolute Gasteiger partial charge is 0.238 e. The molecule has 3 N–H and O–H groups in total. The zero-order chi connectivity index (χ0) is 11.7. The van der Waals surface area contributed by atoms with E-state index >= 15 is 0 Å². The molecule has 2 aromatic rings. The summed E-state index contributed by atoms with van der Waals surface area (Å²) < 4.78 is 8.04. The zero-order valence-corrected chi connectivity index (χ0v) is 10.2. The quantitative estimate of drug-likeness (QED) is 0.878. The summed E-state index contributed by atoms with van der Waals surface area (Å²) in [5.41, 5.74) is 6.59. The van der Waals surface area contributed by atoms with Gasteiger partial charge < -0.3 is 11.1 Å². The molecular formula is C8H6Cl2N4OS. The predicted molar refractivity (Wildman–Crippen MR) is 65.1 cm³/mol. The number of aromatic nitrogens is 2. The molecule has 0 saturated carbocycles. The van der Waals surface area contributed by atoms with Crippen molar-refractivity contribution < 1.29 is 4.79 Å². The molecule has 0 saturated heterocycles. The van der Waals surface area contributed by atoms with Gasteiger partial charge in [-0.15, -0.1) is 0 Å². The van der Waals surface area contributed by atoms with Gasteiger partial charge in [-0.05, 0) is 6.07 Å². The van der Waals surface area contributed by atoms with E-state index in [1.807, 2.05) is 0 Å². The number of carbonyl (C=O) groups is 1. The Balaban J connectivity index is 2.59. The van der Waals surface area contributed by atoms with Crippen molar-refractivity contribution in [2.45, 2.75) is 0 Å². The first-order chi connectivity index (χ1) is 7.63. The van der Waals surface area contributed by atoms with Crippen LogP contribution < -0.4 is 11.1 Å². The topological polar surface area (TPSA) is 80.9 Å². The van der Waals surface area contributed by atoms with E-state index in [-0.39, 0.29) is 12.5 Å². The van der Waals surface area contributed by atoms with Crippen LogP contribution in [0.4, 0.5) is 5.69 Å². The van der Waals surface area contributed by atoms with Crippen molar-refractivity contribution in [2.75, 3.05) is 11.9 Å². The molecule has 1 heterocycles. The molecule has 0 aliphatic carbocycles. The number of rotatable bonds is 2. The number of nitrogens with zero attached hydrogens (tertiary/aromatic N) is 2. The maximum Gasteiger partial charge on any atom is 0.238 e. The molecule has 1 aromatic carbocycles. The summed E-state index contributed by atoms with van der Waals surface area (Å²) in [5.74, 6) is -0.349. The van der Waals surface area contributed by atoms with E-state index in [0.717, 1.165) is 11.7 Å². The summed E-state index contributed by atoms with van der Waals surface area (Å²) in [6, 6.07) is 1.51. The van der Waals surface area contributed by atoms with Gasteiger partial charge in [-0.1, -0.05) is 23.2 Å². The number of anilines is 1. The summed E-state index contributed by atoms with van der Waals surface area (Å²) in [6.45, 7) is -0.127. The van der Waals surface area contributed by atoms with Crippen molar-refractivity contribution in [3.8, 4) is 0 Å². The third-order valence-electron chi connectivity index (χ3n) is 1.89. The van der Waals surface area contributed by atoms with Crippen molar-refractivity contribution in [1.29, 1.82) is 0 Å². The second-order valence-corrected chi connectivity index (χ2v) is 4.27. The highest BCUT2D eigenvalue weighted by molar-refractivity contribution is 7.00. The van der Waals surface area contributed by atoms with E-state index in [2.05, 4.69) is 14.1 Å². The lowest BCUT2D eigenvalue weighted by Gasteiger charge is -2.06. The van der Waals surface area contributed by atoms with Crippen molar-refractivity contribution in [2.24, 2.45) is 5.73 Å². The third-order valence-corrected chi connectivity index (χ3v) is 3.01. The van der Waals surface area contributed by atoms with Crippen LogP contribution in [-0.4, -0.2) is 21.2 Å². The number of nitrogens with one attached hydrogen (secondary N) is 1. The number of halogens is 2. The highest BCUT2D eigenvalue weighted by atomic mass is 35.5. The fourth-order valence-electron chi connectivity index (χ4n) is 1.18. The van der Waals surface area contributed by atoms with Crippen LogP contribution in [0.2, 0.25) is 10.0 Å². The summed E-state index contributed by atoms with van der Waals surface area (Å²) >= 11 is 12.9. The van der Waals surface area contributed by atoms with E-state index in [9.17, 15) is 4.79 Å². The largest absolute Gasteiger partial charge is 0.322 e. The SMILES string of the molecule is NCC(=O)Nc1c(Cl)cc(Cl)c2nsnc12. The minimum Gasteiger partial charge on any atom is -0.322 e. The molecule has 0 spiro atoms. The number of hydrogen-bond acceptors (Lipinski definition) is 5. The summed E-state index contributed by atoms with van der Waals surface area (Å²) in [4.78, 5) is 11.2. The molecule has 16 heavy (non-hydrogen) atoms. The Kier molecular flexibility index (Phi) is 3.25. The number of benzene rings is 1. The predicted octanol–water partition coefficient (Wildman–Crippen LogP) is 1.90. The monoisotopic (exact) mass is 276 g/mol. The molecule has 0 bridgehead atoms. The van der Waals surface area contributed by atoms with Crippen LogP contribution in [0.3, 0.4) is 0 Å². The first-order valence-electron chi connectivity index (χ1n) is 4.23. The number of nitrogens with two attached hydrogens (primary N) is 1. The van der Waals surface area contributed by atoms with Crippen molar-refractivity contribution in [3.05, 3.63) is 16.1 Å². The van der Waals surface area contributed by atoms with Crippen LogP contribution in [0.15, 0.2) is 6.07 Å². The maximum atomic E-state index is 11.2. The third kappa shape index (κ3) is 1.97. The fourth-order valence-corrected chi connectivity index (χ4v) is 2.34. The fraction of sp³-hybridized carbons (Fsp3) is 0.125. The van der Waals surface area contributed by atoms with Gasteiger partial charge in [0.1, 0.15) is 11.0 Å². The van der Waals surface area contributed by atoms with E-state index < -0.39 is 0 Å². The molecule has 2 rings (SSSR count). The number of carbonyl (C=O) groups excluding carboxylic acids is 1. The highest BCUT2D eigenvalue weighted by Gasteiger charge is 2.15. The van der Waals surface area contributed by atoms with Crippen LogP contribution in [-0.2, 0) is 4.79 Å². The van der Waals surface area contributed by atoms with Gasteiger partial charge in [-0.3, -0.25) is 4.79 Å². The molecule has 8 heteroatoms. The Hall–Kier alpha value is -0.950. The molecule has 0 unspecified atom stereocenters. The van der Waals surface area contributed by atoms with Crippen LogP contribution in [0.5, 0.6) is 0 Å². The lowest BCUT2D eigenvalue weighted by molar-refractivity contribution is -0.114. The molecular weight excluding hydrogens is 271 g/mol. The number of fused-ring (bicyclic) bond motifs is 1. The summed E-state index contributed by atoms with van der Waals surface area (Å²) in [7, 11) is 0. The molecule has 0 atom stereocenters. The molecule has 5 nitrogen and oxygen atoms in total. The van der Waals surface area contributed by atoms with E-state index in [1.54, 1.807) is 0 Å². The van der Waals surface area contributed by atoms with Crippen molar-refractivity contribution in [3.63, 3.8) is 0 Å². The van der Waals surface area contributed by atoms with E-state index in [4.69, 9.17) is 28.9 Å². The Labute approximate surface area is 105 Å². The Bertz CT molecular complexity index is 556. The van der Waals surface area contributed by atoms with Gasteiger partial charge in [0.25, 0.3) is 0 Å². The van der Waals surface area contributed by atoms with Crippen LogP contribution in [0.25, 0.3) is 11.0 Å². The van der Waals surface area contributed by atoms with Crippen molar-refractivity contribution >= 4 is 57.6 Å². The minimum absolute atomic E-state index is 0.127.